The predicted molar refractivity (Wildman–Crippen MR) is 185 cm³/mol. The molecule has 4 aromatic carbocycles. The minimum absolute atomic E-state index is 0.144. The zero-order chi connectivity index (χ0) is 35.1. The second-order valence-electron chi connectivity index (χ2n) is 12.5. The summed E-state index contributed by atoms with van der Waals surface area (Å²) in [5, 5.41) is 12.8. The standard InChI is InChI=1S/C38H40F3N3O4S/c1-25-21-44(26(2)24-45)37(47)32-10-7-11-33(42-35(46)20-27-12-16-29(17-13-27)38(39,40)41)36(32)48-34(25)23-43(3)22-28-14-18-31(19-15-28)49-30-8-5-4-6-9-30/h4-19,25-26,34,45H,20-24H2,1-3H3,(H,42,46)/t25-,26?,34-/m1/s1. The fraction of sp³-hybridized carbons (Fsp3) is 0.316. The van der Waals surface area contributed by atoms with Gasteiger partial charge in [0.05, 0.1) is 35.9 Å². The maximum atomic E-state index is 13.8. The molecule has 1 aliphatic heterocycles. The van der Waals surface area contributed by atoms with E-state index in [2.05, 4.69) is 46.6 Å². The monoisotopic (exact) mass is 691 g/mol. The molecule has 5 rings (SSSR count). The number of halogens is 3. The Balaban J connectivity index is 1.34. The molecule has 0 aromatic heterocycles. The number of amides is 2. The minimum Gasteiger partial charge on any atom is -0.486 e. The first-order chi connectivity index (χ1) is 23.4. The highest BCUT2D eigenvalue weighted by Gasteiger charge is 2.35. The number of benzene rings is 4. The van der Waals surface area contributed by atoms with Gasteiger partial charge >= 0.3 is 6.18 Å². The first-order valence-corrected chi connectivity index (χ1v) is 16.9. The molecule has 1 aliphatic rings. The molecular weight excluding hydrogens is 651 g/mol. The van der Waals surface area contributed by atoms with Crippen LogP contribution in [-0.4, -0.2) is 65.6 Å². The number of alkyl halides is 3. The molecule has 0 fully saturated rings. The van der Waals surface area contributed by atoms with Crippen LogP contribution in [0.5, 0.6) is 5.75 Å². The third-order valence-electron chi connectivity index (χ3n) is 8.46. The highest BCUT2D eigenvalue weighted by molar-refractivity contribution is 7.99. The third-order valence-corrected chi connectivity index (χ3v) is 9.47. The van der Waals surface area contributed by atoms with Crippen LogP contribution in [0.15, 0.2) is 107 Å². The number of carbonyl (C=O) groups excluding carboxylic acids is 2. The van der Waals surface area contributed by atoms with E-state index in [1.165, 1.54) is 17.0 Å². The van der Waals surface area contributed by atoms with Crippen LogP contribution in [0, 0.1) is 5.92 Å². The SMILES string of the molecule is CC(CO)N1C[C@@H](C)[C@@H](CN(C)Cc2ccc(Sc3ccccc3)cc2)Oc2c(NC(=O)Cc3ccc(C(F)(F)F)cc3)cccc2C1=O. The third kappa shape index (κ3) is 9.44. The number of carbonyl (C=O) groups is 2. The fourth-order valence-corrected chi connectivity index (χ4v) is 6.56. The van der Waals surface area contributed by atoms with E-state index < -0.39 is 29.8 Å². The molecule has 11 heteroatoms. The Labute approximate surface area is 289 Å². The van der Waals surface area contributed by atoms with Crippen molar-refractivity contribution in [1.82, 2.24) is 9.80 Å². The quantitative estimate of drug-likeness (QED) is 0.171. The van der Waals surface area contributed by atoms with Gasteiger partial charge in [0.2, 0.25) is 5.91 Å². The van der Waals surface area contributed by atoms with Gasteiger partial charge in [0.15, 0.2) is 5.75 Å². The van der Waals surface area contributed by atoms with Crippen molar-refractivity contribution in [2.24, 2.45) is 5.92 Å². The molecule has 4 aromatic rings. The number of fused-ring (bicyclic) bond motifs is 1. The molecule has 1 unspecified atom stereocenters. The number of hydrogen-bond donors (Lipinski definition) is 2. The fourth-order valence-electron chi connectivity index (χ4n) is 5.72. The van der Waals surface area contributed by atoms with Crippen molar-refractivity contribution in [2.45, 2.75) is 54.9 Å². The zero-order valence-corrected chi connectivity index (χ0v) is 28.4. The summed E-state index contributed by atoms with van der Waals surface area (Å²) >= 11 is 1.70. The summed E-state index contributed by atoms with van der Waals surface area (Å²) in [7, 11) is 2.00. The van der Waals surface area contributed by atoms with Gasteiger partial charge in [0.1, 0.15) is 6.10 Å². The molecule has 3 atom stereocenters. The molecule has 7 nitrogen and oxygen atoms in total. The smallest absolute Gasteiger partial charge is 0.416 e. The average molecular weight is 692 g/mol. The lowest BCUT2D eigenvalue weighted by Crippen LogP contribution is -2.49. The van der Waals surface area contributed by atoms with Crippen LogP contribution in [0.3, 0.4) is 0 Å². The van der Waals surface area contributed by atoms with E-state index in [1.807, 2.05) is 32.2 Å². The first kappa shape index (κ1) is 36.0. The summed E-state index contributed by atoms with van der Waals surface area (Å²) in [4.78, 5) is 33.0. The highest BCUT2D eigenvalue weighted by atomic mass is 32.2. The number of para-hydroxylation sites is 1. The van der Waals surface area contributed by atoms with Crippen LogP contribution in [-0.2, 0) is 23.9 Å². The largest absolute Gasteiger partial charge is 0.486 e. The summed E-state index contributed by atoms with van der Waals surface area (Å²) < 4.78 is 45.6. The Morgan fingerprint density at radius 1 is 0.980 bits per heavy atom. The second-order valence-corrected chi connectivity index (χ2v) is 13.6. The molecule has 0 radical (unpaired) electrons. The van der Waals surface area contributed by atoms with Crippen molar-refractivity contribution >= 4 is 29.3 Å². The van der Waals surface area contributed by atoms with Crippen LogP contribution in [0.4, 0.5) is 18.9 Å². The van der Waals surface area contributed by atoms with Gasteiger partial charge in [-0.3, -0.25) is 14.5 Å². The van der Waals surface area contributed by atoms with Gasteiger partial charge in [-0.2, -0.15) is 13.2 Å². The normalized spacial score (nSPS) is 17.1. The molecule has 0 saturated carbocycles. The Kier molecular flexibility index (Phi) is 11.7. The predicted octanol–water partition coefficient (Wildman–Crippen LogP) is 7.39. The summed E-state index contributed by atoms with van der Waals surface area (Å²) in [6, 6.07) is 27.5. The number of likely N-dealkylation sites (N-methyl/N-ethyl adjacent to an activating group) is 1. The first-order valence-electron chi connectivity index (χ1n) is 16.1. The van der Waals surface area contributed by atoms with Crippen molar-refractivity contribution < 1.29 is 32.6 Å². The summed E-state index contributed by atoms with van der Waals surface area (Å²) in [6.45, 7) is 5.07. The molecular formula is C38H40F3N3O4S. The minimum atomic E-state index is -4.47. The van der Waals surface area contributed by atoms with E-state index in [-0.39, 0.29) is 41.9 Å². The van der Waals surface area contributed by atoms with E-state index in [0.717, 1.165) is 22.6 Å². The van der Waals surface area contributed by atoms with Gasteiger partial charge in [-0.15, -0.1) is 0 Å². The lowest BCUT2D eigenvalue weighted by molar-refractivity contribution is -0.137. The molecule has 0 aliphatic carbocycles. The molecule has 49 heavy (non-hydrogen) atoms. The van der Waals surface area contributed by atoms with Crippen molar-refractivity contribution in [1.29, 1.82) is 0 Å². The number of hydrogen-bond acceptors (Lipinski definition) is 6. The molecule has 1 heterocycles. The molecule has 0 saturated heterocycles. The zero-order valence-electron chi connectivity index (χ0n) is 27.6. The van der Waals surface area contributed by atoms with Crippen LogP contribution in [0.25, 0.3) is 0 Å². The Bertz CT molecular complexity index is 1720. The van der Waals surface area contributed by atoms with Gasteiger partial charge in [0, 0.05) is 35.3 Å². The van der Waals surface area contributed by atoms with E-state index >= 15 is 0 Å². The van der Waals surface area contributed by atoms with Gasteiger partial charge < -0.3 is 20.1 Å². The van der Waals surface area contributed by atoms with E-state index in [4.69, 9.17) is 4.74 Å². The number of aliphatic hydroxyl groups excluding tert-OH is 1. The number of ether oxygens (including phenoxy) is 1. The lowest BCUT2D eigenvalue weighted by Gasteiger charge is -2.38. The van der Waals surface area contributed by atoms with Gasteiger partial charge in [0.25, 0.3) is 5.91 Å². The van der Waals surface area contributed by atoms with Crippen LogP contribution in [0.1, 0.15) is 40.9 Å². The Morgan fingerprint density at radius 2 is 1.63 bits per heavy atom. The van der Waals surface area contributed by atoms with Crippen molar-refractivity contribution in [3.05, 3.63) is 119 Å². The van der Waals surface area contributed by atoms with Crippen molar-refractivity contribution in [3.8, 4) is 5.75 Å². The number of nitrogens with one attached hydrogen (secondary N) is 1. The summed E-state index contributed by atoms with van der Waals surface area (Å²) in [5.74, 6) is -0.727. The number of rotatable bonds is 11. The number of anilines is 1. The van der Waals surface area contributed by atoms with E-state index in [9.17, 15) is 27.9 Å². The molecule has 2 amide bonds. The van der Waals surface area contributed by atoms with Gasteiger partial charge in [-0.1, -0.05) is 67.2 Å². The topological polar surface area (TPSA) is 82.1 Å². The van der Waals surface area contributed by atoms with Crippen LogP contribution >= 0.6 is 11.8 Å². The molecule has 0 spiro atoms. The lowest BCUT2D eigenvalue weighted by atomic mass is 9.98. The van der Waals surface area contributed by atoms with Crippen LogP contribution < -0.4 is 10.1 Å². The van der Waals surface area contributed by atoms with Gasteiger partial charge in [-0.05, 0) is 73.6 Å². The van der Waals surface area contributed by atoms with Crippen molar-refractivity contribution in [2.75, 3.05) is 32.1 Å². The Hall–Kier alpha value is -4.32. The van der Waals surface area contributed by atoms with E-state index in [1.54, 1.807) is 41.8 Å². The van der Waals surface area contributed by atoms with E-state index in [0.29, 0.717) is 25.2 Å². The number of nitrogens with zero attached hydrogens (tertiary/aromatic N) is 2. The molecule has 2 N–H and O–H groups in total. The Morgan fingerprint density at radius 3 is 2.29 bits per heavy atom. The van der Waals surface area contributed by atoms with Crippen LogP contribution in [0.2, 0.25) is 0 Å². The molecule has 258 valence electrons. The maximum Gasteiger partial charge on any atom is 0.416 e. The molecule has 0 bridgehead atoms. The van der Waals surface area contributed by atoms with Crippen molar-refractivity contribution in [3.63, 3.8) is 0 Å². The van der Waals surface area contributed by atoms with Gasteiger partial charge in [-0.25, -0.2) is 0 Å². The second kappa shape index (κ2) is 15.9. The maximum absolute atomic E-state index is 13.8. The highest BCUT2D eigenvalue weighted by Crippen LogP contribution is 2.36. The summed E-state index contributed by atoms with van der Waals surface area (Å²) in [6.07, 6.45) is -5.04. The number of aliphatic hydroxyl groups is 1. The average Bonchev–Trinajstić information content (AvgIpc) is 3.07. The summed E-state index contributed by atoms with van der Waals surface area (Å²) in [5.41, 5.74) is 1.27.